The third kappa shape index (κ3) is 1.91. The minimum absolute atomic E-state index is 0.446. The van der Waals surface area contributed by atoms with Gasteiger partial charge in [0.25, 0.3) is 0 Å². The molecule has 0 spiro atoms. The minimum atomic E-state index is 0.446. The van der Waals surface area contributed by atoms with Crippen LogP contribution in [0.3, 0.4) is 0 Å². The quantitative estimate of drug-likeness (QED) is 0.728. The Morgan fingerprint density at radius 1 is 1.11 bits per heavy atom. The highest BCUT2D eigenvalue weighted by Crippen LogP contribution is 2.69. The fraction of sp³-hybridized carbons (Fsp3) is 0.938. The van der Waals surface area contributed by atoms with Crippen molar-refractivity contribution >= 4 is 21.8 Å². The van der Waals surface area contributed by atoms with Crippen molar-refractivity contribution in [2.45, 2.75) is 51.0 Å². The summed E-state index contributed by atoms with van der Waals surface area (Å²) >= 11 is 3.55. The molecule has 1 saturated heterocycles. The maximum atomic E-state index is 12.9. The average Bonchev–Trinajstić information content (AvgIpc) is 2.87. The first kappa shape index (κ1) is 12.7. The van der Waals surface area contributed by atoms with E-state index in [2.05, 4.69) is 20.8 Å². The zero-order valence-corrected chi connectivity index (χ0v) is 13.1. The molecule has 0 aromatic carbocycles. The van der Waals surface area contributed by atoms with Crippen molar-refractivity contribution in [3.05, 3.63) is 0 Å². The SMILES string of the molecule is O=C(C1C2C3CCC(C3)C12)N1CCCCC1CCBr. The Bertz CT molecular complexity index is 367. The number of rotatable bonds is 3. The summed E-state index contributed by atoms with van der Waals surface area (Å²) in [7, 11) is 0. The fourth-order valence-electron chi connectivity index (χ4n) is 5.56. The van der Waals surface area contributed by atoms with Gasteiger partial charge < -0.3 is 4.90 Å². The predicted octanol–water partition coefficient (Wildman–Crippen LogP) is 3.44. The van der Waals surface area contributed by atoms with E-state index in [0.29, 0.717) is 17.9 Å². The number of likely N-dealkylation sites (tertiary alicyclic amines) is 1. The number of nitrogens with zero attached hydrogens (tertiary/aromatic N) is 1. The monoisotopic (exact) mass is 325 g/mol. The van der Waals surface area contributed by atoms with Gasteiger partial charge in [0, 0.05) is 23.8 Å². The van der Waals surface area contributed by atoms with E-state index in [9.17, 15) is 4.79 Å². The second-order valence-corrected chi connectivity index (χ2v) is 7.97. The van der Waals surface area contributed by atoms with E-state index >= 15 is 0 Å². The van der Waals surface area contributed by atoms with E-state index in [4.69, 9.17) is 0 Å². The molecule has 4 rings (SSSR count). The van der Waals surface area contributed by atoms with Crippen molar-refractivity contribution in [3.63, 3.8) is 0 Å². The van der Waals surface area contributed by atoms with Gasteiger partial charge in [-0.25, -0.2) is 0 Å². The molecular formula is C16H24BrNO. The Kier molecular flexibility index (Phi) is 3.17. The van der Waals surface area contributed by atoms with Crippen LogP contribution >= 0.6 is 15.9 Å². The van der Waals surface area contributed by atoms with Crippen LogP contribution in [0.4, 0.5) is 0 Å². The molecule has 3 aliphatic carbocycles. The van der Waals surface area contributed by atoms with Gasteiger partial charge in [-0.1, -0.05) is 15.9 Å². The molecule has 0 aromatic heterocycles. The number of piperidine rings is 1. The summed E-state index contributed by atoms with van der Waals surface area (Å²) in [5.74, 6) is 4.43. The molecule has 1 amide bonds. The molecule has 0 N–H and O–H groups in total. The number of fused-ring (bicyclic) bond motifs is 5. The highest BCUT2D eigenvalue weighted by molar-refractivity contribution is 9.09. The second kappa shape index (κ2) is 4.75. The fourth-order valence-corrected chi connectivity index (χ4v) is 6.09. The maximum Gasteiger partial charge on any atom is 0.226 e. The van der Waals surface area contributed by atoms with Gasteiger partial charge in [-0.15, -0.1) is 0 Å². The first-order chi connectivity index (χ1) is 9.31. The summed E-state index contributed by atoms with van der Waals surface area (Å²) in [5.41, 5.74) is 0. The lowest BCUT2D eigenvalue weighted by atomic mass is 9.96. The highest BCUT2D eigenvalue weighted by Gasteiger charge is 2.68. The topological polar surface area (TPSA) is 20.3 Å². The van der Waals surface area contributed by atoms with Gasteiger partial charge in [0.15, 0.2) is 0 Å². The number of carbonyl (C=O) groups is 1. The van der Waals surface area contributed by atoms with Crippen molar-refractivity contribution in [2.75, 3.05) is 11.9 Å². The summed E-state index contributed by atoms with van der Waals surface area (Å²) < 4.78 is 0. The van der Waals surface area contributed by atoms with Crippen molar-refractivity contribution in [3.8, 4) is 0 Å². The van der Waals surface area contributed by atoms with Crippen LogP contribution in [0.25, 0.3) is 0 Å². The Hall–Kier alpha value is -0.0500. The van der Waals surface area contributed by atoms with Crippen LogP contribution in [0.15, 0.2) is 0 Å². The van der Waals surface area contributed by atoms with Crippen molar-refractivity contribution in [2.24, 2.45) is 29.6 Å². The average molecular weight is 326 g/mol. The third-order valence-corrected chi connectivity index (χ3v) is 6.83. The molecule has 5 atom stereocenters. The standard InChI is InChI=1S/C16H24BrNO/c17-7-6-12-3-1-2-8-18(12)16(19)15-13-10-4-5-11(9-10)14(13)15/h10-15H,1-9H2. The van der Waals surface area contributed by atoms with E-state index in [1.165, 1.54) is 38.5 Å². The molecule has 3 heteroatoms. The van der Waals surface area contributed by atoms with Crippen LogP contribution in [0, 0.1) is 29.6 Å². The Balaban J connectivity index is 1.45. The molecule has 0 aromatic rings. The van der Waals surface area contributed by atoms with E-state index in [-0.39, 0.29) is 0 Å². The summed E-state index contributed by atoms with van der Waals surface area (Å²) in [4.78, 5) is 15.2. The van der Waals surface area contributed by atoms with Crippen molar-refractivity contribution < 1.29 is 4.79 Å². The van der Waals surface area contributed by atoms with Crippen LogP contribution < -0.4 is 0 Å². The number of hydrogen-bond donors (Lipinski definition) is 0. The Labute approximate surface area is 124 Å². The molecule has 2 nitrogen and oxygen atoms in total. The molecule has 0 radical (unpaired) electrons. The molecule has 2 bridgehead atoms. The van der Waals surface area contributed by atoms with Crippen LogP contribution in [0.1, 0.15) is 44.9 Å². The summed E-state index contributed by atoms with van der Waals surface area (Å²) in [6, 6.07) is 0.527. The van der Waals surface area contributed by atoms with Crippen molar-refractivity contribution in [1.82, 2.24) is 4.90 Å². The molecule has 5 unspecified atom stereocenters. The van der Waals surface area contributed by atoms with Gasteiger partial charge in [-0.3, -0.25) is 4.79 Å². The smallest absolute Gasteiger partial charge is 0.226 e. The van der Waals surface area contributed by atoms with E-state index in [1.54, 1.807) is 0 Å². The Morgan fingerprint density at radius 2 is 1.84 bits per heavy atom. The van der Waals surface area contributed by atoms with Gasteiger partial charge in [0.05, 0.1) is 0 Å². The van der Waals surface area contributed by atoms with Gasteiger partial charge in [0.1, 0.15) is 0 Å². The summed E-state index contributed by atoms with van der Waals surface area (Å²) in [5, 5.41) is 1.03. The van der Waals surface area contributed by atoms with Crippen molar-refractivity contribution in [1.29, 1.82) is 0 Å². The summed E-state index contributed by atoms with van der Waals surface area (Å²) in [6.45, 7) is 1.03. The molecule has 3 saturated carbocycles. The normalized spacial score (nSPS) is 47.3. The van der Waals surface area contributed by atoms with Gasteiger partial charge >= 0.3 is 0 Å². The zero-order valence-electron chi connectivity index (χ0n) is 11.6. The molecule has 19 heavy (non-hydrogen) atoms. The number of amides is 1. The summed E-state index contributed by atoms with van der Waals surface area (Å²) in [6.07, 6.45) is 9.18. The van der Waals surface area contributed by atoms with Crippen LogP contribution in [-0.4, -0.2) is 28.7 Å². The maximum absolute atomic E-state index is 12.9. The van der Waals surface area contributed by atoms with Crippen LogP contribution in [-0.2, 0) is 4.79 Å². The van der Waals surface area contributed by atoms with Crippen LogP contribution in [0.2, 0.25) is 0 Å². The lowest BCUT2D eigenvalue weighted by Gasteiger charge is -2.36. The second-order valence-electron chi connectivity index (χ2n) is 7.17. The zero-order chi connectivity index (χ0) is 13.0. The molecule has 4 fully saturated rings. The molecule has 1 aliphatic heterocycles. The van der Waals surface area contributed by atoms with Crippen LogP contribution in [0.5, 0.6) is 0 Å². The molecule has 106 valence electrons. The van der Waals surface area contributed by atoms with E-state index < -0.39 is 0 Å². The number of alkyl halides is 1. The highest BCUT2D eigenvalue weighted by atomic mass is 79.9. The number of halogens is 1. The van der Waals surface area contributed by atoms with Gasteiger partial charge in [-0.05, 0) is 68.6 Å². The predicted molar refractivity (Wildman–Crippen MR) is 79.1 cm³/mol. The molecule has 1 heterocycles. The van der Waals surface area contributed by atoms with Gasteiger partial charge in [-0.2, -0.15) is 0 Å². The Morgan fingerprint density at radius 3 is 2.53 bits per heavy atom. The largest absolute Gasteiger partial charge is 0.339 e. The van der Waals surface area contributed by atoms with Gasteiger partial charge in [0.2, 0.25) is 5.91 Å². The van der Waals surface area contributed by atoms with E-state index in [1.807, 2.05) is 0 Å². The molecule has 4 aliphatic rings. The van der Waals surface area contributed by atoms with E-state index in [0.717, 1.165) is 42.0 Å². The number of hydrogen-bond acceptors (Lipinski definition) is 1. The first-order valence-electron chi connectivity index (χ1n) is 8.17. The first-order valence-corrected chi connectivity index (χ1v) is 9.30. The third-order valence-electron chi connectivity index (χ3n) is 6.37. The number of carbonyl (C=O) groups excluding carboxylic acids is 1. The lowest BCUT2D eigenvalue weighted by molar-refractivity contribution is -0.137. The molecular weight excluding hydrogens is 302 g/mol. The lowest BCUT2D eigenvalue weighted by Crippen LogP contribution is -2.45. The minimum Gasteiger partial charge on any atom is -0.339 e.